The molecule has 25 heavy (non-hydrogen) atoms. The predicted molar refractivity (Wildman–Crippen MR) is 101 cm³/mol. The maximum absolute atomic E-state index is 12.6. The molecule has 0 aliphatic carbocycles. The molecular formula is C19H25ClN4O. The molecule has 0 unspecified atom stereocenters. The molecule has 1 saturated heterocycles. The van der Waals surface area contributed by atoms with Crippen molar-refractivity contribution in [2.45, 2.75) is 33.2 Å². The Labute approximate surface area is 154 Å². The normalized spacial score (nSPS) is 16.2. The van der Waals surface area contributed by atoms with Crippen LogP contribution in [0.2, 0.25) is 5.02 Å². The van der Waals surface area contributed by atoms with Gasteiger partial charge in [-0.25, -0.2) is 0 Å². The Morgan fingerprint density at radius 3 is 2.36 bits per heavy atom. The Morgan fingerprint density at radius 2 is 1.80 bits per heavy atom. The maximum atomic E-state index is 12.6. The van der Waals surface area contributed by atoms with Crippen LogP contribution in [0.15, 0.2) is 30.3 Å². The maximum Gasteiger partial charge on any atom is 0.224 e. The van der Waals surface area contributed by atoms with E-state index in [4.69, 9.17) is 11.6 Å². The third kappa shape index (κ3) is 4.15. The van der Waals surface area contributed by atoms with Crippen LogP contribution in [0.5, 0.6) is 0 Å². The van der Waals surface area contributed by atoms with E-state index in [2.05, 4.69) is 16.9 Å². The van der Waals surface area contributed by atoms with Gasteiger partial charge in [0.15, 0.2) is 0 Å². The van der Waals surface area contributed by atoms with Crippen molar-refractivity contribution in [3.63, 3.8) is 0 Å². The Hall–Kier alpha value is -2.01. The van der Waals surface area contributed by atoms with Crippen LogP contribution in [0, 0.1) is 13.8 Å². The number of rotatable bonds is 4. The molecule has 1 aliphatic rings. The lowest BCUT2D eigenvalue weighted by atomic mass is 10.2. The molecule has 3 rings (SSSR count). The third-order valence-corrected chi connectivity index (χ3v) is 5.01. The van der Waals surface area contributed by atoms with Gasteiger partial charge in [0.05, 0.1) is 11.7 Å². The second kappa shape index (κ2) is 7.48. The van der Waals surface area contributed by atoms with Crippen LogP contribution in [-0.2, 0) is 4.79 Å². The molecule has 1 atom stereocenters. The number of carbonyl (C=O) groups excluding carboxylic acids is 1. The van der Waals surface area contributed by atoms with E-state index in [0.29, 0.717) is 6.42 Å². The van der Waals surface area contributed by atoms with Crippen molar-refractivity contribution in [3.05, 3.63) is 46.7 Å². The van der Waals surface area contributed by atoms with E-state index in [9.17, 15) is 4.79 Å². The zero-order valence-corrected chi connectivity index (χ0v) is 15.8. The Kier molecular flexibility index (Phi) is 5.33. The largest absolute Gasteiger partial charge is 0.368 e. The van der Waals surface area contributed by atoms with Crippen LogP contribution < -0.4 is 4.90 Å². The Balaban J connectivity index is 1.54. The highest BCUT2D eigenvalue weighted by Gasteiger charge is 2.23. The van der Waals surface area contributed by atoms with Crippen LogP contribution in [0.3, 0.4) is 0 Å². The van der Waals surface area contributed by atoms with Gasteiger partial charge in [-0.15, -0.1) is 0 Å². The molecule has 1 fully saturated rings. The van der Waals surface area contributed by atoms with Gasteiger partial charge in [-0.05, 0) is 51.1 Å². The summed E-state index contributed by atoms with van der Waals surface area (Å²) in [7, 11) is 0. The topological polar surface area (TPSA) is 41.4 Å². The Morgan fingerprint density at radius 1 is 1.16 bits per heavy atom. The minimum Gasteiger partial charge on any atom is -0.368 e. The van der Waals surface area contributed by atoms with Crippen LogP contribution in [-0.4, -0.2) is 46.8 Å². The number of nitrogens with zero attached hydrogens (tertiary/aromatic N) is 4. The molecule has 1 aromatic heterocycles. The second-order valence-electron chi connectivity index (χ2n) is 6.77. The standard InChI is InChI=1S/C19H25ClN4O/c1-14-12-15(2)24(21-14)16(3)13-19(25)23-10-8-22(9-11-23)18-6-4-17(20)5-7-18/h4-7,12,16H,8-11,13H2,1-3H3/t16-/m1/s1. The zero-order valence-electron chi connectivity index (χ0n) is 15.1. The molecule has 2 heterocycles. The van der Waals surface area contributed by atoms with Crippen LogP contribution in [0.25, 0.3) is 0 Å². The van der Waals surface area contributed by atoms with Crippen molar-refractivity contribution in [2.75, 3.05) is 31.1 Å². The summed E-state index contributed by atoms with van der Waals surface area (Å²) in [6.07, 6.45) is 0.489. The average molecular weight is 361 g/mol. The summed E-state index contributed by atoms with van der Waals surface area (Å²) in [5.74, 6) is 0.204. The highest BCUT2D eigenvalue weighted by molar-refractivity contribution is 6.30. The van der Waals surface area contributed by atoms with Gasteiger partial charge in [0.2, 0.25) is 5.91 Å². The first-order valence-electron chi connectivity index (χ1n) is 8.75. The molecule has 5 nitrogen and oxygen atoms in total. The van der Waals surface area contributed by atoms with E-state index in [0.717, 1.165) is 48.3 Å². The van der Waals surface area contributed by atoms with E-state index in [1.807, 2.05) is 53.8 Å². The van der Waals surface area contributed by atoms with Crippen LogP contribution in [0.4, 0.5) is 5.69 Å². The minimum atomic E-state index is 0.0792. The molecule has 134 valence electrons. The second-order valence-corrected chi connectivity index (χ2v) is 7.21. The number of benzene rings is 1. The van der Waals surface area contributed by atoms with Gasteiger partial charge in [-0.1, -0.05) is 11.6 Å². The first-order valence-corrected chi connectivity index (χ1v) is 9.13. The van der Waals surface area contributed by atoms with Gasteiger partial charge in [-0.3, -0.25) is 9.48 Å². The summed E-state index contributed by atoms with van der Waals surface area (Å²) in [6, 6.07) is 10.0. The average Bonchev–Trinajstić information content (AvgIpc) is 2.94. The third-order valence-electron chi connectivity index (χ3n) is 4.76. The van der Waals surface area contributed by atoms with Gasteiger partial charge >= 0.3 is 0 Å². The van der Waals surface area contributed by atoms with Crippen molar-refractivity contribution in [3.8, 4) is 0 Å². The highest BCUT2D eigenvalue weighted by atomic mass is 35.5. The van der Waals surface area contributed by atoms with Crippen LogP contribution >= 0.6 is 11.6 Å². The summed E-state index contributed by atoms with van der Waals surface area (Å²) >= 11 is 5.95. The fourth-order valence-corrected chi connectivity index (χ4v) is 3.55. The number of anilines is 1. The van der Waals surface area contributed by atoms with Gasteiger partial charge in [0.1, 0.15) is 0 Å². The minimum absolute atomic E-state index is 0.0792. The SMILES string of the molecule is Cc1cc(C)n([C@H](C)CC(=O)N2CCN(c3ccc(Cl)cc3)CC2)n1. The van der Waals surface area contributed by atoms with Crippen molar-refractivity contribution in [2.24, 2.45) is 0 Å². The molecule has 0 spiro atoms. The Bertz CT molecular complexity index is 732. The van der Waals surface area contributed by atoms with Gasteiger partial charge < -0.3 is 9.80 Å². The van der Waals surface area contributed by atoms with Gasteiger partial charge in [0.25, 0.3) is 0 Å². The molecule has 1 amide bonds. The van der Waals surface area contributed by atoms with Crippen LogP contribution in [0.1, 0.15) is 30.8 Å². The quantitative estimate of drug-likeness (QED) is 0.838. The summed E-state index contributed by atoms with van der Waals surface area (Å²) in [4.78, 5) is 16.9. The number of hydrogen-bond acceptors (Lipinski definition) is 3. The smallest absolute Gasteiger partial charge is 0.224 e. The molecule has 6 heteroatoms. The van der Waals surface area contributed by atoms with E-state index in [1.165, 1.54) is 0 Å². The molecule has 0 N–H and O–H groups in total. The lowest BCUT2D eigenvalue weighted by molar-refractivity contribution is -0.132. The van der Waals surface area contributed by atoms with Crippen molar-refractivity contribution >= 4 is 23.2 Å². The fourth-order valence-electron chi connectivity index (χ4n) is 3.43. The number of piperazine rings is 1. The molecule has 0 saturated carbocycles. The molecule has 0 bridgehead atoms. The van der Waals surface area contributed by atoms with Crippen molar-refractivity contribution in [1.29, 1.82) is 0 Å². The number of aryl methyl sites for hydroxylation is 2. The summed E-state index contributed by atoms with van der Waals surface area (Å²) in [5.41, 5.74) is 3.26. The first-order chi connectivity index (χ1) is 11.9. The lowest BCUT2D eigenvalue weighted by Gasteiger charge is -2.36. The summed E-state index contributed by atoms with van der Waals surface area (Å²) < 4.78 is 1.96. The molecule has 1 aliphatic heterocycles. The molecular weight excluding hydrogens is 336 g/mol. The van der Waals surface area contributed by atoms with Crippen molar-refractivity contribution < 1.29 is 4.79 Å². The highest BCUT2D eigenvalue weighted by Crippen LogP contribution is 2.21. The lowest BCUT2D eigenvalue weighted by Crippen LogP contribution is -2.49. The molecule has 0 radical (unpaired) electrons. The van der Waals surface area contributed by atoms with Crippen molar-refractivity contribution in [1.82, 2.24) is 14.7 Å². The number of hydrogen-bond donors (Lipinski definition) is 0. The van der Waals surface area contributed by atoms with E-state index >= 15 is 0 Å². The van der Waals surface area contributed by atoms with Gasteiger partial charge in [-0.2, -0.15) is 5.10 Å². The van der Waals surface area contributed by atoms with Gasteiger partial charge in [0, 0.05) is 49.0 Å². The monoisotopic (exact) mass is 360 g/mol. The number of amides is 1. The number of halogens is 1. The first kappa shape index (κ1) is 17.8. The number of carbonyl (C=O) groups is 1. The zero-order chi connectivity index (χ0) is 18.0. The summed E-state index contributed by atoms with van der Waals surface area (Å²) in [6.45, 7) is 9.28. The van der Waals surface area contributed by atoms with E-state index in [1.54, 1.807) is 0 Å². The molecule has 1 aromatic carbocycles. The summed E-state index contributed by atoms with van der Waals surface area (Å²) in [5, 5.41) is 5.24. The van der Waals surface area contributed by atoms with E-state index < -0.39 is 0 Å². The molecule has 2 aromatic rings. The predicted octanol–water partition coefficient (Wildman–Crippen LogP) is 3.45. The fraction of sp³-hybridized carbons (Fsp3) is 0.474. The number of aromatic nitrogens is 2. The van der Waals surface area contributed by atoms with E-state index in [-0.39, 0.29) is 11.9 Å².